The molecule has 0 saturated heterocycles. The van der Waals surface area contributed by atoms with Gasteiger partial charge >= 0.3 is 11.8 Å². The number of aryl methyl sites for hydroxylation is 1. The van der Waals surface area contributed by atoms with E-state index in [2.05, 4.69) is 15.8 Å². The Labute approximate surface area is 119 Å². The zero-order valence-corrected chi connectivity index (χ0v) is 11.6. The number of hydrogen-bond donors (Lipinski definition) is 2. The molecule has 2 aromatic rings. The second-order valence-electron chi connectivity index (χ2n) is 3.91. The fourth-order valence-electron chi connectivity index (χ4n) is 1.39. The van der Waals surface area contributed by atoms with Crippen LogP contribution in [0.4, 0.5) is 0 Å². The summed E-state index contributed by atoms with van der Waals surface area (Å²) in [7, 11) is 0. The Morgan fingerprint density at radius 1 is 1.35 bits per heavy atom. The molecule has 0 fully saturated rings. The summed E-state index contributed by atoms with van der Waals surface area (Å²) in [6.07, 6.45) is 2.99. The van der Waals surface area contributed by atoms with Crippen LogP contribution in [0.1, 0.15) is 15.5 Å². The van der Waals surface area contributed by atoms with Gasteiger partial charge in [0.25, 0.3) is 0 Å². The van der Waals surface area contributed by atoms with E-state index in [1.165, 1.54) is 12.5 Å². The van der Waals surface area contributed by atoms with Crippen LogP contribution >= 0.6 is 11.3 Å². The van der Waals surface area contributed by atoms with Gasteiger partial charge in [0, 0.05) is 9.75 Å². The summed E-state index contributed by atoms with van der Waals surface area (Å²) in [6.45, 7) is 2.13. The van der Waals surface area contributed by atoms with E-state index in [4.69, 9.17) is 4.42 Å². The fraction of sp³-hybridized carbons (Fsp3) is 0.154. The maximum atomic E-state index is 11.4. The van der Waals surface area contributed by atoms with Crippen molar-refractivity contribution in [1.29, 1.82) is 0 Å². The summed E-state index contributed by atoms with van der Waals surface area (Å²) in [5.74, 6) is -1.01. The molecule has 104 valence electrons. The average Bonchev–Trinajstić information content (AvgIpc) is 3.07. The third-order valence-electron chi connectivity index (χ3n) is 2.33. The van der Waals surface area contributed by atoms with E-state index in [1.807, 2.05) is 19.1 Å². The summed E-state index contributed by atoms with van der Waals surface area (Å²) in [6, 6.07) is 7.24. The van der Waals surface area contributed by atoms with E-state index in [0.29, 0.717) is 5.76 Å². The Morgan fingerprint density at radius 3 is 2.85 bits per heavy atom. The lowest BCUT2D eigenvalue weighted by atomic mass is 10.4. The number of amides is 2. The maximum Gasteiger partial charge on any atom is 0.329 e. The molecule has 0 aliphatic carbocycles. The number of hydrogen-bond acceptors (Lipinski definition) is 5. The largest absolute Gasteiger partial charge is 0.467 e. The van der Waals surface area contributed by atoms with Crippen LogP contribution in [0.3, 0.4) is 0 Å². The van der Waals surface area contributed by atoms with Crippen molar-refractivity contribution in [3.05, 3.63) is 46.0 Å². The molecular weight excluding hydrogens is 278 g/mol. The first kappa shape index (κ1) is 14.0. The van der Waals surface area contributed by atoms with Gasteiger partial charge in [0.05, 0.1) is 19.0 Å². The van der Waals surface area contributed by atoms with E-state index in [1.54, 1.807) is 23.5 Å². The van der Waals surface area contributed by atoms with Crippen LogP contribution in [0.2, 0.25) is 0 Å². The molecule has 0 bridgehead atoms. The second kappa shape index (κ2) is 6.67. The number of carbonyl (C=O) groups excluding carboxylic acids is 2. The van der Waals surface area contributed by atoms with Gasteiger partial charge in [-0.3, -0.25) is 9.59 Å². The highest BCUT2D eigenvalue weighted by Crippen LogP contribution is 2.12. The number of furan rings is 1. The van der Waals surface area contributed by atoms with Gasteiger partial charge in [-0.05, 0) is 31.2 Å². The molecule has 0 radical (unpaired) electrons. The van der Waals surface area contributed by atoms with Crippen LogP contribution in [0.15, 0.2) is 40.0 Å². The standard InChI is InChI=1S/C13H13N3O3S/c1-9-4-5-11(20-9)8-15-16-13(18)12(17)14-7-10-3-2-6-19-10/h2-6,8H,7H2,1H3,(H,14,17)(H,16,18)/b15-8-. The van der Waals surface area contributed by atoms with Crippen molar-refractivity contribution in [2.75, 3.05) is 0 Å². The molecule has 0 aliphatic rings. The predicted octanol–water partition coefficient (Wildman–Crippen LogP) is 1.42. The van der Waals surface area contributed by atoms with Crippen LogP contribution < -0.4 is 10.7 Å². The fourth-order valence-corrected chi connectivity index (χ4v) is 2.14. The van der Waals surface area contributed by atoms with Crippen molar-refractivity contribution in [1.82, 2.24) is 10.7 Å². The lowest BCUT2D eigenvalue weighted by Crippen LogP contribution is -2.37. The second-order valence-corrected chi connectivity index (χ2v) is 5.23. The molecule has 7 heteroatoms. The Morgan fingerprint density at radius 2 is 2.20 bits per heavy atom. The van der Waals surface area contributed by atoms with Gasteiger partial charge in [0.1, 0.15) is 5.76 Å². The zero-order chi connectivity index (χ0) is 14.4. The van der Waals surface area contributed by atoms with Crippen molar-refractivity contribution in [2.45, 2.75) is 13.5 Å². The first-order chi connectivity index (χ1) is 9.65. The number of nitrogens with zero attached hydrogens (tertiary/aromatic N) is 1. The van der Waals surface area contributed by atoms with E-state index in [-0.39, 0.29) is 6.54 Å². The van der Waals surface area contributed by atoms with Gasteiger partial charge in [-0.15, -0.1) is 11.3 Å². The normalized spacial score (nSPS) is 10.7. The number of thiophene rings is 1. The van der Waals surface area contributed by atoms with Crippen LogP contribution in [-0.2, 0) is 16.1 Å². The zero-order valence-electron chi connectivity index (χ0n) is 10.8. The van der Waals surface area contributed by atoms with Gasteiger partial charge in [0.2, 0.25) is 0 Å². The number of hydrazone groups is 1. The molecule has 0 aliphatic heterocycles. The third-order valence-corrected chi connectivity index (χ3v) is 3.26. The molecule has 0 aromatic carbocycles. The van der Waals surface area contributed by atoms with Gasteiger partial charge in [-0.25, -0.2) is 5.43 Å². The highest BCUT2D eigenvalue weighted by Gasteiger charge is 2.12. The van der Waals surface area contributed by atoms with Crippen LogP contribution in [-0.4, -0.2) is 18.0 Å². The molecule has 2 aromatic heterocycles. The highest BCUT2D eigenvalue weighted by molar-refractivity contribution is 7.13. The number of nitrogens with one attached hydrogen (secondary N) is 2. The van der Waals surface area contributed by atoms with Crippen LogP contribution in [0.5, 0.6) is 0 Å². The molecule has 0 saturated carbocycles. The molecule has 0 unspecified atom stereocenters. The van der Waals surface area contributed by atoms with E-state index in [9.17, 15) is 9.59 Å². The first-order valence-electron chi connectivity index (χ1n) is 5.85. The van der Waals surface area contributed by atoms with Gasteiger partial charge in [0.15, 0.2) is 0 Å². The monoisotopic (exact) mass is 291 g/mol. The van der Waals surface area contributed by atoms with Gasteiger partial charge in [-0.1, -0.05) is 0 Å². The molecule has 6 nitrogen and oxygen atoms in total. The maximum absolute atomic E-state index is 11.4. The average molecular weight is 291 g/mol. The van der Waals surface area contributed by atoms with Crippen molar-refractivity contribution in [3.63, 3.8) is 0 Å². The summed E-state index contributed by atoms with van der Waals surface area (Å²) < 4.78 is 5.03. The first-order valence-corrected chi connectivity index (χ1v) is 6.67. The lowest BCUT2D eigenvalue weighted by Gasteiger charge is -2.01. The molecule has 0 atom stereocenters. The van der Waals surface area contributed by atoms with E-state index >= 15 is 0 Å². The summed E-state index contributed by atoms with van der Waals surface area (Å²) >= 11 is 1.54. The number of rotatable bonds is 4. The van der Waals surface area contributed by atoms with Gasteiger partial charge in [-0.2, -0.15) is 5.10 Å². The molecular formula is C13H13N3O3S. The third kappa shape index (κ3) is 4.06. The minimum Gasteiger partial charge on any atom is -0.467 e. The minimum absolute atomic E-state index is 0.160. The smallest absolute Gasteiger partial charge is 0.329 e. The van der Waals surface area contributed by atoms with Crippen LogP contribution in [0.25, 0.3) is 0 Å². The molecule has 0 spiro atoms. The van der Waals surface area contributed by atoms with E-state index in [0.717, 1.165) is 9.75 Å². The summed E-state index contributed by atoms with van der Waals surface area (Å²) in [5.41, 5.74) is 2.16. The SMILES string of the molecule is Cc1ccc(/C=N\NC(=O)C(=O)NCc2ccco2)s1. The van der Waals surface area contributed by atoms with Crippen molar-refractivity contribution >= 4 is 29.4 Å². The van der Waals surface area contributed by atoms with Gasteiger partial charge < -0.3 is 9.73 Å². The number of carbonyl (C=O) groups is 2. The molecule has 2 heterocycles. The topological polar surface area (TPSA) is 83.7 Å². The predicted molar refractivity (Wildman–Crippen MR) is 75.3 cm³/mol. The molecule has 2 amide bonds. The summed E-state index contributed by atoms with van der Waals surface area (Å²) in [4.78, 5) is 24.9. The van der Waals surface area contributed by atoms with Crippen molar-refractivity contribution in [2.24, 2.45) is 5.10 Å². The Hall–Kier alpha value is -2.41. The Bertz CT molecular complexity index is 617. The molecule has 20 heavy (non-hydrogen) atoms. The Balaban J connectivity index is 1.76. The van der Waals surface area contributed by atoms with Crippen LogP contribution in [0, 0.1) is 6.92 Å². The van der Waals surface area contributed by atoms with E-state index < -0.39 is 11.8 Å². The lowest BCUT2D eigenvalue weighted by molar-refractivity contribution is -0.139. The van der Waals surface area contributed by atoms with Crippen molar-refractivity contribution < 1.29 is 14.0 Å². The quantitative estimate of drug-likeness (QED) is 0.507. The molecule has 2 rings (SSSR count). The minimum atomic E-state index is -0.818. The van der Waals surface area contributed by atoms with Crippen molar-refractivity contribution in [3.8, 4) is 0 Å². The highest BCUT2D eigenvalue weighted by atomic mass is 32.1. The summed E-state index contributed by atoms with van der Waals surface area (Å²) in [5, 5.41) is 6.14. The Kier molecular flexibility index (Phi) is 4.67. The molecule has 2 N–H and O–H groups in total.